The van der Waals surface area contributed by atoms with Crippen molar-refractivity contribution in [2.75, 3.05) is 31.1 Å². The molecule has 0 amide bonds. The molecule has 4 rings (SSSR count). The van der Waals surface area contributed by atoms with E-state index >= 15 is 0 Å². The van der Waals surface area contributed by atoms with Gasteiger partial charge in [0.15, 0.2) is 5.82 Å². The lowest BCUT2D eigenvalue weighted by Crippen LogP contribution is -2.43. The summed E-state index contributed by atoms with van der Waals surface area (Å²) in [6, 6.07) is 5.84. The van der Waals surface area contributed by atoms with Gasteiger partial charge in [0.1, 0.15) is 5.82 Å². The molecule has 1 aromatic heterocycles. The average Bonchev–Trinajstić information content (AvgIpc) is 3.15. The number of likely N-dealkylation sites (tertiary alicyclic amines) is 1. The number of halogens is 2. The molecule has 166 valence electrons. The summed E-state index contributed by atoms with van der Waals surface area (Å²) in [6.07, 6.45) is 4.91. The number of nitrogens with zero attached hydrogens (tertiary/aromatic N) is 4. The smallest absolute Gasteiger partial charge is 0.260 e. The van der Waals surface area contributed by atoms with Crippen LogP contribution in [0.25, 0.3) is 11.5 Å². The first kappa shape index (κ1) is 23.0. The first-order valence-corrected chi connectivity index (χ1v) is 10.7. The molecule has 2 saturated heterocycles. The fourth-order valence-corrected chi connectivity index (χ4v) is 4.33. The number of rotatable bonds is 5. The summed E-state index contributed by atoms with van der Waals surface area (Å²) in [4.78, 5) is 8.87. The first-order valence-electron chi connectivity index (χ1n) is 10.7. The van der Waals surface area contributed by atoms with Crippen LogP contribution in [0.2, 0.25) is 0 Å². The summed E-state index contributed by atoms with van der Waals surface area (Å²) in [5.74, 6) is 0.393. The number of aromatic nitrogens is 2. The number of aryl methyl sites for hydroxylation is 1. The van der Waals surface area contributed by atoms with Crippen LogP contribution in [0, 0.1) is 12.7 Å². The monoisotopic (exact) mass is 438 g/mol. The highest BCUT2D eigenvalue weighted by Gasteiger charge is 2.27. The molecule has 0 N–H and O–H groups in total. The summed E-state index contributed by atoms with van der Waals surface area (Å²) in [5, 5.41) is 3.74. The van der Waals surface area contributed by atoms with Gasteiger partial charge in [-0.05, 0) is 64.7 Å². The van der Waals surface area contributed by atoms with Gasteiger partial charge in [0.2, 0.25) is 0 Å². The molecule has 0 spiro atoms. The molecule has 0 saturated carbocycles. The Labute approximate surface area is 184 Å². The molecule has 2 aromatic rings. The quantitative estimate of drug-likeness (QED) is 0.686. The standard InChI is InChI=1S/C22H31FN4O2.ClH/c1-15(2)26-10-6-18(7-11-26)28-19-8-12-27(13-9-19)17-4-5-20(21(23)14-17)22-24-16(3)25-29-22;/h4-5,14-15,18-19H,6-13H2,1-3H3;1H. The highest BCUT2D eigenvalue weighted by atomic mass is 35.5. The van der Waals surface area contributed by atoms with Crippen molar-refractivity contribution in [3.8, 4) is 11.5 Å². The largest absolute Gasteiger partial charge is 0.375 e. The fraction of sp³-hybridized carbons (Fsp3) is 0.636. The van der Waals surface area contributed by atoms with Crippen LogP contribution in [-0.2, 0) is 4.74 Å². The van der Waals surface area contributed by atoms with Crippen LogP contribution in [-0.4, -0.2) is 59.5 Å². The van der Waals surface area contributed by atoms with Crippen LogP contribution in [0.15, 0.2) is 22.7 Å². The zero-order chi connectivity index (χ0) is 20.4. The molecular formula is C22H32ClFN4O2. The van der Waals surface area contributed by atoms with E-state index in [2.05, 4.69) is 33.8 Å². The molecule has 0 aliphatic carbocycles. The van der Waals surface area contributed by atoms with Crippen molar-refractivity contribution in [2.45, 2.75) is 64.7 Å². The van der Waals surface area contributed by atoms with Crippen molar-refractivity contribution in [3.05, 3.63) is 29.8 Å². The van der Waals surface area contributed by atoms with Gasteiger partial charge in [-0.25, -0.2) is 4.39 Å². The minimum absolute atomic E-state index is 0. The lowest BCUT2D eigenvalue weighted by atomic mass is 10.0. The predicted molar refractivity (Wildman–Crippen MR) is 118 cm³/mol. The van der Waals surface area contributed by atoms with Gasteiger partial charge in [0, 0.05) is 37.9 Å². The molecule has 2 aliphatic rings. The average molecular weight is 439 g/mol. The maximum absolute atomic E-state index is 14.6. The highest BCUT2D eigenvalue weighted by Crippen LogP contribution is 2.29. The Bertz CT molecular complexity index is 815. The lowest BCUT2D eigenvalue weighted by molar-refractivity contribution is -0.0540. The molecule has 0 bridgehead atoms. The van der Waals surface area contributed by atoms with E-state index in [1.54, 1.807) is 19.1 Å². The Kier molecular flexibility index (Phi) is 7.71. The molecule has 6 nitrogen and oxygen atoms in total. The van der Waals surface area contributed by atoms with Crippen molar-refractivity contribution in [1.29, 1.82) is 0 Å². The van der Waals surface area contributed by atoms with Crippen molar-refractivity contribution in [3.63, 3.8) is 0 Å². The molecule has 0 unspecified atom stereocenters. The van der Waals surface area contributed by atoms with E-state index < -0.39 is 0 Å². The van der Waals surface area contributed by atoms with Gasteiger partial charge < -0.3 is 19.1 Å². The SMILES string of the molecule is Cc1noc(-c2ccc(N3CCC(OC4CCN(C(C)C)CC4)CC3)cc2F)n1.Cl. The second kappa shape index (κ2) is 10.1. The number of benzene rings is 1. The molecule has 30 heavy (non-hydrogen) atoms. The third kappa shape index (κ3) is 5.31. The Balaban J connectivity index is 0.00000256. The number of ether oxygens (including phenoxy) is 1. The molecule has 3 heterocycles. The van der Waals surface area contributed by atoms with Crippen molar-refractivity contribution < 1.29 is 13.7 Å². The van der Waals surface area contributed by atoms with Crippen LogP contribution in [0.5, 0.6) is 0 Å². The molecule has 1 aromatic carbocycles. The van der Waals surface area contributed by atoms with Crippen LogP contribution < -0.4 is 4.90 Å². The number of piperidine rings is 2. The second-order valence-electron chi connectivity index (χ2n) is 8.46. The van der Waals surface area contributed by atoms with E-state index in [9.17, 15) is 4.39 Å². The Hall–Kier alpha value is -1.70. The van der Waals surface area contributed by atoms with E-state index in [4.69, 9.17) is 9.26 Å². The van der Waals surface area contributed by atoms with Crippen LogP contribution in [0.1, 0.15) is 45.4 Å². The van der Waals surface area contributed by atoms with E-state index in [1.165, 1.54) is 0 Å². The van der Waals surface area contributed by atoms with E-state index in [-0.39, 0.29) is 24.1 Å². The minimum atomic E-state index is -0.332. The van der Waals surface area contributed by atoms with Gasteiger partial charge in [-0.2, -0.15) is 4.98 Å². The van der Waals surface area contributed by atoms with E-state index in [0.717, 1.165) is 57.5 Å². The summed E-state index contributed by atoms with van der Waals surface area (Å²) in [7, 11) is 0. The summed E-state index contributed by atoms with van der Waals surface area (Å²) in [5.41, 5.74) is 1.24. The third-order valence-corrected chi connectivity index (χ3v) is 6.11. The van der Waals surface area contributed by atoms with Crippen molar-refractivity contribution in [1.82, 2.24) is 15.0 Å². The third-order valence-electron chi connectivity index (χ3n) is 6.11. The zero-order valence-corrected chi connectivity index (χ0v) is 18.8. The van der Waals surface area contributed by atoms with Crippen molar-refractivity contribution >= 4 is 18.1 Å². The lowest BCUT2D eigenvalue weighted by Gasteiger charge is -2.38. The first-order chi connectivity index (χ1) is 14.0. The van der Waals surface area contributed by atoms with E-state index in [0.29, 0.717) is 29.6 Å². The maximum Gasteiger partial charge on any atom is 0.260 e. The normalized spacial score (nSPS) is 19.3. The summed E-state index contributed by atoms with van der Waals surface area (Å²) >= 11 is 0. The van der Waals surface area contributed by atoms with Crippen LogP contribution in [0.3, 0.4) is 0 Å². The van der Waals surface area contributed by atoms with Gasteiger partial charge in [0.05, 0.1) is 17.8 Å². The molecule has 2 aliphatic heterocycles. The Morgan fingerprint density at radius 2 is 1.70 bits per heavy atom. The van der Waals surface area contributed by atoms with Crippen LogP contribution in [0.4, 0.5) is 10.1 Å². The second-order valence-corrected chi connectivity index (χ2v) is 8.46. The summed E-state index contributed by atoms with van der Waals surface area (Å²) in [6.45, 7) is 10.3. The Morgan fingerprint density at radius 3 is 2.23 bits per heavy atom. The fourth-order valence-electron chi connectivity index (χ4n) is 4.33. The number of hydrogen-bond acceptors (Lipinski definition) is 6. The zero-order valence-electron chi connectivity index (χ0n) is 18.0. The molecule has 8 heteroatoms. The van der Waals surface area contributed by atoms with E-state index in [1.807, 2.05) is 6.07 Å². The Morgan fingerprint density at radius 1 is 1.07 bits per heavy atom. The van der Waals surface area contributed by atoms with Gasteiger partial charge in [-0.15, -0.1) is 12.4 Å². The summed E-state index contributed by atoms with van der Waals surface area (Å²) < 4.78 is 26.1. The maximum atomic E-state index is 14.6. The molecule has 0 radical (unpaired) electrons. The van der Waals surface area contributed by atoms with Crippen molar-refractivity contribution in [2.24, 2.45) is 0 Å². The van der Waals surface area contributed by atoms with Crippen LogP contribution >= 0.6 is 12.4 Å². The predicted octanol–water partition coefficient (Wildman–Crippen LogP) is 4.46. The molecular weight excluding hydrogens is 407 g/mol. The highest BCUT2D eigenvalue weighted by molar-refractivity contribution is 5.85. The molecule has 2 fully saturated rings. The van der Waals surface area contributed by atoms with Gasteiger partial charge in [-0.3, -0.25) is 0 Å². The minimum Gasteiger partial charge on any atom is -0.375 e. The topological polar surface area (TPSA) is 54.6 Å². The number of anilines is 1. The number of hydrogen-bond donors (Lipinski definition) is 0. The van der Waals surface area contributed by atoms with Gasteiger partial charge in [-0.1, -0.05) is 5.16 Å². The van der Waals surface area contributed by atoms with Gasteiger partial charge in [0.25, 0.3) is 5.89 Å². The molecule has 0 atom stereocenters. The van der Waals surface area contributed by atoms with Gasteiger partial charge >= 0.3 is 0 Å².